The standard InChI is InChI=1S/C10H16N2O3/c1-3-4-15-7-12-6-8(11)5-9(12)10(13)14-2/h5-6H,3-4,7,11H2,1-2H3. The number of nitrogen functional groups attached to an aromatic ring is 1. The third kappa shape index (κ3) is 2.99. The van der Waals surface area contributed by atoms with Crippen molar-refractivity contribution in [2.75, 3.05) is 19.5 Å². The molecule has 0 unspecified atom stereocenters. The first-order valence-electron chi connectivity index (χ1n) is 4.80. The molecular weight excluding hydrogens is 196 g/mol. The molecule has 15 heavy (non-hydrogen) atoms. The van der Waals surface area contributed by atoms with E-state index in [1.807, 2.05) is 6.92 Å². The van der Waals surface area contributed by atoms with Crippen molar-refractivity contribution in [3.8, 4) is 0 Å². The van der Waals surface area contributed by atoms with Gasteiger partial charge in [0.2, 0.25) is 0 Å². The van der Waals surface area contributed by atoms with E-state index in [1.165, 1.54) is 7.11 Å². The molecule has 0 atom stereocenters. The molecule has 0 saturated carbocycles. The van der Waals surface area contributed by atoms with Crippen LogP contribution in [0.5, 0.6) is 0 Å². The van der Waals surface area contributed by atoms with Crippen LogP contribution in [0.15, 0.2) is 12.3 Å². The van der Waals surface area contributed by atoms with Crippen molar-refractivity contribution in [2.24, 2.45) is 0 Å². The van der Waals surface area contributed by atoms with E-state index in [9.17, 15) is 4.79 Å². The maximum absolute atomic E-state index is 11.3. The predicted octanol–water partition coefficient (Wildman–Crippen LogP) is 1.24. The average molecular weight is 212 g/mol. The number of hydrogen-bond acceptors (Lipinski definition) is 4. The number of hydrogen-bond donors (Lipinski definition) is 1. The van der Waals surface area contributed by atoms with Crippen LogP contribution in [0.2, 0.25) is 0 Å². The van der Waals surface area contributed by atoms with Crippen LogP contribution in [-0.2, 0) is 16.2 Å². The van der Waals surface area contributed by atoms with Gasteiger partial charge in [-0.2, -0.15) is 0 Å². The minimum absolute atomic E-state index is 0.315. The van der Waals surface area contributed by atoms with E-state index in [1.54, 1.807) is 16.8 Å². The highest BCUT2D eigenvalue weighted by atomic mass is 16.5. The van der Waals surface area contributed by atoms with Crippen molar-refractivity contribution >= 4 is 11.7 Å². The summed E-state index contributed by atoms with van der Waals surface area (Å²) >= 11 is 0. The predicted molar refractivity (Wildman–Crippen MR) is 56.4 cm³/mol. The van der Waals surface area contributed by atoms with Gasteiger partial charge in [0.25, 0.3) is 0 Å². The second-order valence-electron chi connectivity index (χ2n) is 3.16. The number of esters is 1. The monoisotopic (exact) mass is 212 g/mol. The summed E-state index contributed by atoms with van der Waals surface area (Å²) in [6.07, 6.45) is 2.59. The first kappa shape index (κ1) is 11.6. The lowest BCUT2D eigenvalue weighted by molar-refractivity contribution is 0.0526. The van der Waals surface area contributed by atoms with Gasteiger partial charge in [0.05, 0.1) is 12.8 Å². The molecule has 0 amide bonds. The van der Waals surface area contributed by atoms with Crippen molar-refractivity contribution in [3.63, 3.8) is 0 Å². The molecule has 0 saturated heterocycles. The van der Waals surface area contributed by atoms with Gasteiger partial charge < -0.3 is 19.8 Å². The van der Waals surface area contributed by atoms with Crippen LogP contribution in [0.25, 0.3) is 0 Å². The molecular formula is C10H16N2O3. The molecule has 0 bridgehead atoms. The zero-order chi connectivity index (χ0) is 11.3. The van der Waals surface area contributed by atoms with E-state index in [2.05, 4.69) is 4.74 Å². The molecule has 0 aliphatic carbocycles. The van der Waals surface area contributed by atoms with E-state index >= 15 is 0 Å². The Morgan fingerprint density at radius 1 is 1.60 bits per heavy atom. The number of rotatable bonds is 5. The Kier molecular flexibility index (Phi) is 4.17. The Bertz CT molecular complexity index is 333. The number of carbonyl (C=O) groups is 1. The van der Waals surface area contributed by atoms with Gasteiger partial charge in [-0.15, -0.1) is 0 Å². The van der Waals surface area contributed by atoms with E-state index < -0.39 is 5.97 Å². The number of anilines is 1. The topological polar surface area (TPSA) is 66.5 Å². The highest BCUT2D eigenvalue weighted by Crippen LogP contribution is 2.11. The molecule has 2 N–H and O–H groups in total. The number of nitrogens with two attached hydrogens (primary N) is 1. The van der Waals surface area contributed by atoms with Gasteiger partial charge in [0.15, 0.2) is 0 Å². The van der Waals surface area contributed by atoms with Gasteiger partial charge >= 0.3 is 5.97 Å². The van der Waals surface area contributed by atoms with Crippen LogP contribution >= 0.6 is 0 Å². The minimum atomic E-state index is -0.410. The van der Waals surface area contributed by atoms with Crippen molar-refractivity contribution in [1.82, 2.24) is 4.57 Å². The fourth-order valence-corrected chi connectivity index (χ4v) is 1.22. The average Bonchev–Trinajstić information content (AvgIpc) is 2.59. The van der Waals surface area contributed by atoms with Crippen LogP contribution in [0.3, 0.4) is 0 Å². The van der Waals surface area contributed by atoms with Crippen molar-refractivity contribution in [2.45, 2.75) is 20.1 Å². The lowest BCUT2D eigenvalue weighted by atomic mass is 10.4. The Labute approximate surface area is 88.8 Å². The summed E-state index contributed by atoms with van der Waals surface area (Å²) in [6, 6.07) is 1.57. The maximum Gasteiger partial charge on any atom is 0.354 e. The summed E-state index contributed by atoms with van der Waals surface area (Å²) in [4.78, 5) is 11.3. The molecule has 5 nitrogen and oxygen atoms in total. The fourth-order valence-electron chi connectivity index (χ4n) is 1.22. The summed E-state index contributed by atoms with van der Waals surface area (Å²) in [5.41, 5.74) is 6.52. The summed E-state index contributed by atoms with van der Waals surface area (Å²) in [7, 11) is 1.34. The number of ether oxygens (including phenoxy) is 2. The smallest absolute Gasteiger partial charge is 0.354 e. The quantitative estimate of drug-likeness (QED) is 0.589. The van der Waals surface area contributed by atoms with E-state index in [-0.39, 0.29) is 0 Å². The van der Waals surface area contributed by atoms with Crippen molar-refractivity contribution in [3.05, 3.63) is 18.0 Å². The van der Waals surface area contributed by atoms with Crippen molar-refractivity contribution in [1.29, 1.82) is 0 Å². The largest absolute Gasteiger partial charge is 0.464 e. The molecule has 0 spiro atoms. The number of nitrogens with zero attached hydrogens (tertiary/aromatic N) is 1. The van der Waals surface area contributed by atoms with Crippen LogP contribution in [0.1, 0.15) is 23.8 Å². The van der Waals surface area contributed by atoms with Gasteiger partial charge in [-0.25, -0.2) is 4.79 Å². The number of carbonyl (C=O) groups excluding carboxylic acids is 1. The molecule has 1 heterocycles. The van der Waals surface area contributed by atoms with Crippen LogP contribution in [0, 0.1) is 0 Å². The molecule has 0 aromatic carbocycles. The SMILES string of the molecule is CCCOCn1cc(N)cc1C(=O)OC. The first-order valence-corrected chi connectivity index (χ1v) is 4.80. The summed E-state index contributed by atoms with van der Waals surface area (Å²) in [5, 5.41) is 0. The molecule has 0 radical (unpaired) electrons. The molecule has 84 valence electrons. The fraction of sp³-hybridized carbons (Fsp3) is 0.500. The highest BCUT2D eigenvalue weighted by Gasteiger charge is 2.12. The van der Waals surface area contributed by atoms with E-state index in [0.29, 0.717) is 24.7 Å². The van der Waals surface area contributed by atoms with E-state index in [0.717, 1.165) is 6.42 Å². The number of aromatic nitrogens is 1. The molecule has 0 fully saturated rings. The third-order valence-electron chi connectivity index (χ3n) is 1.89. The Morgan fingerprint density at radius 2 is 2.33 bits per heavy atom. The van der Waals surface area contributed by atoms with Crippen LogP contribution < -0.4 is 5.73 Å². The molecule has 1 aromatic heterocycles. The lowest BCUT2D eigenvalue weighted by Gasteiger charge is -2.07. The van der Waals surface area contributed by atoms with Crippen molar-refractivity contribution < 1.29 is 14.3 Å². The Morgan fingerprint density at radius 3 is 2.93 bits per heavy atom. The van der Waals surface area contributed by atoms with E-state index in [4.69, 9.17) is 10.5 Å². The first-order chi connectivity index (χ1) is 7.19. The van der Waals surface area contributed by atoms with Gasteiger partial charge in [0, 0.05) is 12.8 Å². The lowest BCUT2D eigenvalue weighted by Crippen LogP contribution is -2.11. The maximum atomic E-state index is 11.3. The second-order valence-corrected chi connectivity index (χ2v) is 3.16. The zero-order valence-corrected chi connectivity index (χ0v) is 9.03. The van der Waals surface area contributed by atoms with Crippen LogP contribution in [0.4, 0.5) is 5.69 Å². The summed E-state index contributed by atoms with van der Waals surface area (Å²) in [6.45, 7) is 2.99. The molecule has 1 aromatic rings. The van der Waals surface area contributed by atoms with Gasteiger partial charge in [-0.05, 0) is 12.5 Å². The normalized spacial score (nSPS) is 10.3. The Hall–Kier alpha value is -1.49. The summed E-state index contributed by atoms with van der Waals surface area (Å²) in [5.74, 6) is -0.410. The zero-order valence-electron chi connectivity index (χ0n) is 9.03. The molecule has 0 aliphatic heterocycles. The van der Waals surface area contributed by atoms with Gasteiger partial charge in [0.1, 0.15) is 12.4 Å². The highest BCUT2D eigenvalue weighted by molar-refractivity contribution is 5.88. The molecule has 1 rings (SSSR count). The second kappa shape index (κ2) is 5.41. The third-order valence-corrected chi connectivity index (χ3v) is 1.89. The van der Waals surface area contributed by atoms with Gasteiger partial charge in [-0.1, -0.05) is 6.92 Å². The minimum Gasteiger partial charge on any atom is -0.464 e. The Balaban J connectivity index is 2.72. The molecule has 5 heteroatoms. The summed E-state index contributed by atoms with van der Waals surface area (Å²) < 4.78 is 11.6. The van der Waals surface area contributed by atoms with Crippen LogP contribution in [-0.4, -0.2) is 24.3 Å². The number of methoxy groups -OCH3 is 1. The van der Waals surface area contributed by atoms with Gasteiger partial charge in [-0.3, -0.25) is 0 Å². The molecule has 0 aliphatic rings.